The first-order valence-electron chi connectivity index (χ1n) is 6.00. The number of hydrogen-bond donors (Lipinski definition) is 3. The van der Waals surface area contributed by atoms with Gasteiger partial charge in [-0.1, -0.05) is 12.1 Å². The second-order valence-corrected chi connectivity index (χ2v) is 4.16. The van der Waals surface area contributed by atoms with Crippen LogP contribution in [0.15, 0.2) is 48.5 Å². The molecular weight excluding hydrogens is 254 g/mol. The third kappa shape index (κ3) is 3.75. The molecule has 0 bridgehead atoms. The van der Waals surface area contributed by atoms with Crippen molar-refractivity contribution in [2.45, 2.75) is 6.54 Å². The van der Waals surface area contributed by atoms with Crippen LogP contribution in [-0.4, -0.2) is 11.1 Å². The van der Waals surface area contributed by atoms with E-state index in [1.54, 1.807) is 48.5 Å². The summed E-state index contributed by atoms with van der Waals surface area (Å²) < 4.78 is 0. The van der Waals surface area contributed by atoms with E-state index < -0.39 is 0 Å². The van der Waals surface area contributed by atoms with Crippen molar-refractivity contribution in [1.29, 1.82) is 5.26 Å². The summed E-state index contributed by atoms with van der Waals surface area (Å²) in [7, 11) is 0. The van der Waals surface area contributed by atoms with Crippen LogP contribution in [0, 0.1) is 11.3 Å². The van der Waals surface area contributed by atoms with Crippen LogP contribution in [0.4, 0.5) is 10.5 Å². The fourth-order valence-corrected chi connectivity index (χ4v) is 1.60. The Hall–Kier alpha value is -3.00. The molecule has 5 nitrogen and oxygen atoms in total. The van der Waals surface area contributed by atoms with Gasteiger partial charge in [0.1, 0.15) is 5.75 Å². The average Bonchev–Trinajstić information content (AvgIpc) is 2.47. The van der Waals surface area contributed by atoms with Crippen molar-refractivity contribution in [1.82, 2.24) is 5.32 Å². The summed E-state index contributed by atoms with van der Waals surface area (Å²) in [6.07, 6.45) is 0. The molecule has 100 valence electrons. The highest BCUT2D eigenvalue weighted by Crippen LogP contribution is 2.10. The minimum absolute atomic E-state index is 0.191. The number of nitrogens with zero attached hydrogens (tertiary/aromatic N) is 1. The number of anilines is 1. The van der Waals surface area contributed by atoms with E-state index in [-0.39, 0.29) is 11.8 Å². The van der Waals surface area contributed by atoms with E-state index in [1.165, 1.54) is 0 Å². The molecule has 0 atom stereocenters. The number of phenolic OH excluding ortho intramolecular Hbond substituents is 1. The first-order valence-corrected chi connectivity index (χ1v) is 6.00. The highest BCUT2D eigenvalue weighted by Gasteiger charge is 2.02. The lowest BCUT2D eigenvalue weighted by Crippen LogP contribution is -2.28. The summed E-state index contributed by atoms with van der Waals surface area (Å²) in [5.74, 6) is 0.191. The van der Waals surface area contributed by atoms with Crippen LogP contribution >= 0.6 is 0 Å². The lowest BCUT2D eigenvalue weighted by molar-refractivity contribution is 0.251. The summed E-state index contributed by atoms with van der Waals surface area (Å²) >= 11 is 0. The quantitative estimate of drug-likeness (QED) is 0.799. The van der Waals surface area contributed by atoms with Crippen molar-refractivity contribution in [2.75, 3.05) is 5.32 Å². The van der Waals surface area contributed by atoms with Gasteiger partial charge in [0, 0.05) is 12.2 Å². The van der Waals surface area contributed by atoms with E-state index in [4.69, 9.17) is 10.4 Å². The number of urea groups is 1. The number of nitrogens with one attached hydrogen (secondary N) is 2. The number of benzene rings is 2. The lowest BCUT2D eigenvalue weighted by Gasteiger charge is -2.07. The van der Waals surface area contributed by atoms with Crippen molar-refractivity contribution < 1.29 is 9.90 Å². The van der Waals surface area contributed by atoms with Crippen LogP contribution in [0.2, 0.25) is 0 Å². The second-order valence-electron chi connectivity index (χ2n) is 4.16. The third-order valence-corrected chi connectivity index (χ3v) is 2.66. The van der Waals surface area contributed by atoms with Gasteiger partial charge in [0.15, 0.2) is 0 Å². The van der Waals surface area contributed by atoms with E-state index in [0.717, 1.165) is 5.56 Å². The lowest BCUT2D eigenvalue weighted by atomic mass is 10.2. The van der Waals surface area contributed by atoms with Crippen LogP contribution < -0.4 is 10.6 Å². The second kappa shape index (κ2) is 6.25. The average molecular weight is 267 g/mol. The van der Waals surface area contributed by atoms with Gasteiger partial charge in [-0.05, 0) is 42.0 Å². The summed E-state index contributed by atoms with van der Waals surface area (Å²) in [6, 6.07) is 14.9. The SMILES string of the molecule is N#Cc1ccc(NC(=O)NCc2ccc(O)cc2)cc1. The summed E-state index contributed by atoms with van der Waals surface area (Å²) in [6.45, 7) is 0.363. The molecule has 0 aliphatic carbocycles. The maximum absolute atomic E-state index is 11.7. The Morgan fingerprint density at radius 3 is 2.35 bits per heavy atom. The number of carbonyl (C=O) groups excluding carboxylic acids is 1. The molecule has 20 heavy (non-hydrogen) atoms. The maximum Gasteiger partial charge on any atom is 0.319 e. The number of nitriles is 1. The normalized spacial score (nSPS) is 9.55. The molecule has 0 fully saturated rings. The maximum atomic E-state index is 11.7. The topological polar surface area (TPSA) is 85.2 Å². The van der Waals surface area contributed by atoms with Gasteiger partial charge in [0.2, 0.25) is 0 Å². The first kappa shape index (κ1) is 13.4. The van der Waals surface area contributed by atoms with Gasteiger partial charge in [-0.25, -0.2) is 4.79 Å². The van der Waals surface area contributed by atoms with E-state index in [0.29, 0.717) is 17.8 Å². The zero-order valence-electron chi connectivity index (χ0n) is 10.6. The zero-order chi connectivity index (χ0) is 14.4. The van der Waals surface area contributed by atoms with Crippen molar-refractivity contribution in [3.8, 4) is 11.8 Å². The number of amides is 2. The van der Waals surface area contributed by atoms with Crippen LogP contribution in [0.3, 0.4) is 0 Å². The van der Waals surface area contributed by atoms with Gasteiger partial charge in [-0.15, -0.1) is 0 Å². The van der Waals surface area contributed by atoms with E-state index >= 15 is 0 Å². The van der Waals surface area contributed by atoms with Crippen LogP contribution in [-0.2, 0) is 6.54 Å². The highest BCUT2D eigenvalue weighted by molar-refractivity contribution is 5.89. The Labute approximate surface area is 116 Å². The Balaban J connectivity index is 1.86. The van der Waals surface area contributed by atoms with E-state index in [9.17, 15) is 4.79 Å². The molecule has 2 aromatic rings. The number of aromatic hydroxyl groups is 1. The van der Waals surface area contributed by atoms with Gasteiger partial charge >= 0.3 is 6.03 Å². The summed E-state index contributed by atoms with van der Waals surface area (Å²) in [5.41, 5.74) is 2.05. The molecule has 2 amide bonds. The molecule has 0 heterocycles. The molecule has 0 saturated carbocycles. The Morgan fingerprint density at radius 1 is 1.10 bits per heavy atom. The van der Waals surface area contributed by atoms with Crippen molar-refractivity contribution >= 4 is 11.7 Å². The Kier molecular flexibility index (Phi) is 4.20. The smallest absolute Gasteiger partial charge is 0.319 e. The predicted octanol–water partition coefficient (Wildman–Crippen LogP) is 2.59. The molecule has 0 radical (unpaired) electrons. The van der Waals surface area contributed by atoms with Crippen molar-refractivity contribution in [3.05, 3.63) is 59.7 Å². The van der Waals surface area contributed by atoms with E-state index in [2.05, 4.69) is 10.6 Å². The fraction of sp³-hybridized carbons (Fsp3) is 0.0667. The molecule has 0 saturated heterocycles. The highest BCUT2D eigenvalue weighted by atomic mass is 16.3. The van der Waals surface area contributed by atoms with Gasteiger partial charge in [-0.2, -0.15) is 5.26 Å². The summed E-state index contributed by atoms with van der Waals surface area (Å²) in [4.78, 5) is 11.7. The molecule has 5 heteroatoms. The first-order chi connectivity index (χ1) is 9.67. The number of hydrogen-bond acceptors (Lipinski definition) is 3. The number of phenols is 1. The van der Waals surface area contributed by atoms with Gasteiger partial charge in [0.05, 0.1) is 11.6 Å². The minimum Gasteiger partial charge on any atom is -0.508 e. The minimum atomic E-state index is -0.331. The Bertz CT molecular complexity index is 628. The number of carbonyl (C=O) groups is 1. The molecule has 2 aromatic carbocycles. The van der Waals surface area contributed by atoms with Gasteiger partial charge in [0.25, 0.3) is 0 Å². The van der Waals surface area contributed by atoms with Crippen LogP contribution in [0.25, 0.3) is 0 Å². The molecule has 0 aliphatic heterocycles. The molecular formula is C15H13N3O2. The summed E-state index contributed by atoms with van der Waals surface area (Å²) in [5, 5.41) is 23.2. The zero-order valence-corrected chi connectivity index (χ0v) is 10.6. The molecule has 0 unspecified atom stereocenters. The molecule has 2 rings (SSSR count). The standard InChI is InChI=1S/C15H13N3O2/c16-9-11-1-5-13(6-2-11)18-15(20)17-10-12-3-7-14(19)8-4-12/h1-8,19H,10H2,(H2,17,18,20). The number of rotatable bonds is 3. The molecule has 3 N–H and O–H groups in total. The molecule has 0 aliphatic rings. The fourth-order valence-electron chi connectivity index (χ4n) is 1.60. The van der Waals surface area contributed by atoms with E-state index in [1.807, 2.05) is 6.07 Å². The molecule has 0 spiro atoms. The monoisotopic (exact) mass is 267 g/mol. The van der Waals surface area contributed by atoms with Crippen LogP contribution in [0.1, 0.15) is 11.1 Å². The van der Waals surface area contributed by atoms with Gasteiger partial charge in [-0.3, -0.25) is 0 Å². The third-order valence-electron chi connectivity index (χ3n) is 2.66. The molecule has 0 aromatic heterocycles. The van der Waals surface area contributed by atoms with Crippen LogP contribution in [0.5, 0.6) is 5.75 Å². The Morgan fingerprint density at radius 2 is 1.75 bits per heavy atom. The predicted molar refractivity (Wildman–Crippen MR) is 75.1 cm³/mol. The largest absolute Gasteiger partial charge is 0.508 e. The van der Waals surface area contributed by atoms with Gasteiger partial charge < -0.3 is 15.7 Å². The van der Waals surface area contributed by atoms with Crippen molar-refractivity contribution in [2.24, 2.45) is 0 Å². The van der Waals surface area contributed by atoms with Crippen molar-refractivity contribution in [3.63, 3.8) is 0 Å².